The van der Waals surface area contributed by atoms with Crippen LogP contribution in [0.3, 0.4) is 0 Å². The fourth-order valence-corrected chi connectivity index (χ4v) is 3.23. The fourth-order valence-electron chi connectivity index (χ4n) is 3.23. The van der Waals surface area contributed by atoms with Crippen LogP contribution in [0.15, 0.2) is 24.3 Å². The molecule has 0 bridgehead atoms. The van der Waals surface area contributed by atoms with E-state index in [1.54, 1.807) is 0 Å². The largest absolute Gasteiger partial charge is 0.573 e. The Hall–Kier alpha value is -2.33. The molecular formula is C20H17F7O3. The van der Waals surface area contributed by atoms with Crippen LogP contribution in [0.25, 0.3) is 11.1 Å². The third-order valence-electron chi connectivity index (χ3n) is 4.50. The highest BCUT2D eigenvalue weighted by molar-refractivity contribution is 5.66. The molecule has 0 saturated carbocycles. The van der Waals surface area contributed by atoms with Gasteiger partial charge in [-0.3, -0.25) is 0 Å². The van der Waals surface area contributed by atoms with E-state index >= 15 is 0 Å². The lowest BCUT2D eigenvalue weighted by atomic mass is 10.0. The van der Waals surface area contributed by atoms with Crippen molar-refractivity contribution in [3.63, 3.8) is 0 Å². The lowest BCUT2D eigenvalue weighted by Crippen LogP contribution is -2.27. The topological polar surface area (TPSA) is 27.7 Å². The molecule has 1 aliphatic rings. The molecule has 30 heavy (non-hydrogen) atoms. The molecule has 164 valence electrons. The normalized spacial score (nSPS) is 19.7. The van der Waals surface area contributed by atoms with Gasteiger partial charge < -0.3 is 14.2 Å². The molecule has 0 amide bonds. The van der Waals surface area contributed by atoms with Crippen molar-refractivity contribution in [2.75, 3.05) is 13.2 Å². The van der Waals surface area contributed by atoms with Crippen LogP contribution in [-0.2, 0) is 9.47 Å². The first-order chi connectivity index (χ1) is 14.1. The molecule has 0 radical (unpaired) electrons. The molecule has 0 aromatic heterocycles. The third kappa shape index (κ3) is 5.04. The number of benzene rings is 2. The summed E-state index contributed by atoms with van der Waals surface area (Å²) >= 11 is 0. The van der Waals surface area contributed by atoms with E-state index in [0.29, 0.717) is 25.3 Å². The van der Waals surface area contributed by atoms with Crippen molar-refractivity contribution in [2.45, 2.75) is 32.4 Å². The van der Waals surface area contributed by atoms with E-state index in [2.05, 4.69) is 4.74 Å². The summed E-state index contributed by atoms with van der Waals surface area (Å²) in [5.41, 5.74) is -1.41. The second-order valence-corrected chi connectivity index (χ2v) is 6.83. The first-order valence-corrected chi connectivity index (χ1v) is 9.06. The Morgan fingerprint density at radius 2 is 1.43 bits per heavy atom. The van der Waals surface area contributed by atoms with Gasteiger partial charge in [-0.05, 0) is 36.2 Å². The van der Waals surface area contributed by atoms with Crippen molar-refractivity contribution in [1.29, 1.82) is 0 Å². The highest BCUT2D eigenvalue weighted by Gasteiger charge is 2.34. The molecule has 0 aliphatic carbocycles. The maximum atomic E-state index is 14.6. The molecule has 10 heteroatoms. The summed E-state index contributed by atoms with van der Waals surface area (Å²) in [7, 11) is 0. The second kappa shape index (κ2) is 8.81. The molecule has 3 rings (SSSR count). The van der Waals surface area contributed by atoms with Crippen LogP contribution >= 0.6 is 0 Å². The minimum atomic E-state index is -5.34. The van der Waals surface area contributed by atoms with Gasteiger partial charge in [-0.15, -0.1) is 13.2 Å². The summed E-state index contributed by atoms with van der Waals surface area (Å²) in [6, 6.07) is 2.49. The maximum Gasteiger partial charge on any atom is 0.573 e. The van der Waals surface area contributed by atoms with Crippen molar-refractivity contribution in [1.82, 2.24) is 0 Å². The van der Waals surface area contributed by atoms with E-state index in [-0.39, 0.29) is 11.5 Å². The smallest absolute Gasteiger partial charge is 0.399 e. The molecule has 1 heterocycles. The Bertz CT molecular complexity index is 860. The molecule has 3 nitrogen and oxygen atoms in total. The van der Waals surface area contributed by atoms with Gasteiger partial charge in [0.1, 0.15) is 11.6 Å². The Labute approximate surface area is 167 Å². The Morgan fingerprint density at radius 3 is 1.90 bits per heavy atom. The number of halogens is 7. The van der Waals surface area contributed by atoms with Gasteiger partial charge in [0.25, 0.3) is 0 Å². The van der Waals surface area contributed by atoms with Crippen molar-refractivity contribution < 1.29 is 44.9 Å². The molecule has 0 unspecified atom stereocenters. The number of rotatable bonds is 5. The lowest BCUT2D eigenvalue weighted by molar-refractivity contribution is -0.276. The zero-order chi connectivity index (χ0) is 22.1. The Morgan fingerprint density at radius 1 is 0.900 bits per heavy atom. The molecule has 0 spiro atoms. The van der Waals surface area contributed by atoms with E-state index in [4.69, 9.17) is 9.47 Å². The molecule has 1 fully saturated rings. The van der Waals surface area contributed by atoms with E-state index in [9.17, 15) is 30.7 Å². The van der Waals surface area contributed by atoms with Crippen LogP contribution in [0, 0.1) is 29.2 Å². The zero-order valence-corrected chi connectivity index (χ0v) is 15.7. The number of hydrogen-bond donors (Lipinski definition) is 0. The molecule has 1 aliphatic heterocycles. The summed E-state index contributed by atoms with van der Waals surface area (Å²) in [5, 5.41) is 0. The first-order valence-electron chi connectivity index (χ1n) is 9.06. The highest BCUT2D eigenvalue weighted by Crippen LogP contribution is 2.36. The fraction of sp³-hybridized carbons (Fsp3) is 0.400. The molecule has 1 saturated heterocycles. The molecular weight excluding hydrogens is 421 g/mol. The number of hydrogen-bond acceptors (Lipinski definition) is 3. The summed E-state index contributed by atoms with van der Waals surface area (Å²) in [6.07, 6.45) is -4.54. The number of alkyl halides is 3. The summed E-state index contributed by atoms with van der Waals surface area (Å²) in [4.78, 5) is 0. The van der Waals surface area contributed by atoms with E-state index in [1.165, 1.54) is 0 Å². The maximum absolute atomic E-state index is 14.6. The minimum Gasteiger partial charge on any atom is -0.399 e. The van der Waals surface area contributed by atoms with Gasteiger partial charge in [-0.2, -0.15) is 0 Å². The Kier molecular flexibility index (Phi) is 6.56. The first kappa shape index (κ1) is 22.4. The highest BCUT2D eigenvalue weighted by atomic mass is 19.4. The average Bonchev–Trinajstić information content (AvgIpc) is 2.64. The predicted molar refractivity (Wildman–Crippen MR) is 91.4 cm³/mol. The van der Waals surface area contributed by atoms with Gasteiger partial charge in [0, 0.05) is 11.5 Å². The van der Waals surface area contributed by atoms with E-state index in [0.717, 1.165) is 25.0 Å². The van der Waals surface area contributed by atoms with Crippen LogP contribution in [0.4, 0.5) is 30.7 Å². The van der Waals surface area contributed by atoms with Gasteiger partial charge in [-0.1, -0.05) is 13.3 Å². The molecule has 2 aromatic carbocycles. The van der Waals surface area contributed by atoms with E-state index < -0.39 is 52.8 Å². The van der Waals surface area contributed by atoms with Crippen molar-refractivity contribution in [3.8, 4) is 16.9 Å². The molecule has 2 aromatic rings. The van der Waals surface area contributed by atoms with Gasteiger partial charge in [-0.25, -0.2) is 17.6 Å². The third-order valence-corrected chi connectivity index (χ3v) is 4.50. The SMILES string of the molecule is CCCC1COC(c2cc(F)c(-c3cc(F)c(OC(F)(F)F)c(F)c3)c(F)c2)OC1. The van der Waals surface area contributed by atoms with Crippen LogP contribution in [-0.4, -0.2) is 19.6 Å². The van der Waals surface area contributed by atoms with Gasteiger partial charge >= 0.3 is 6.36 Å². The summed E-state index contributed by atoms with van der Waals surface area (Å²) < 4.78 is 108. The summed E-state index contributed by atoms with van der Waals surface area (Å²) in [6.45, 7) is 2.70. The quantitative estimate of drug-likeness (QED) is 0.515. The molecule has 0 N–H and O–H groups in total. The van der Waals surface area contributed by atoms with Crippen LogP contribution in [0.5, 0.6) is 5.75 Å². The van der Waals surface area contributed by atoms with E-state index in [1.807, 2.05) is 6.92 Å². The van der Waals surface area contributed by atoms with Gasteiger partial charge in [0.15, 0.2) is 17.9 Å². The van der Waals surface area contributed by atoms with Crippen molar-refractivity contribution in [3.05, 3.63) is 53.1 Å². The zero-order valence-electron chi connectivity index (χ0n) is 15.7. The number of ether oxygens (including phenoxy) is 3. The minimum absolute atomic E-state index is 0.0293. The standard InChI is InChI=1S/C20H17F7O3/c1-2-3-10-8-28-19(29-9-10)12-6-13(21)17(14(22)7-12)11-4-15(23)18(16(24)5-11)30-20(25,26)27/h4-7,10,19H,2-3,8-9H2,1H3. The van der Waals surface area contributed by atoms with Crippen molar-refractivity contribution >= 4 is 0 Å². The lowest BCUT2D eigenvalue weighted by Gasteiger charge is -2.29. The molecule has 0 atom stereocenters. The predicted octanol–water partition coefficient (Wildman–Crippen LogP) is 6.27. The Balaban J connectivity index is 1.88. The van der Waals surface area contributed by atoms with Gasteiger partial charge in [0.2, 0.25) is 5.75 Å². The average molecular weight is 438 g/mol. The summed E-state index contributed by atoms with van der Waals surface area (Å²) in [5.74, 6) is -7.43. The van der Waals surface area contributed by atoms with Crippen LogP contribution in [0.1, 0.15) is 31.6 Å². The van der Waals surface area contributed by atoms with Crippen molar-refractivity contribution in [2.24, 2.45) is 5.92 Å². The second-order valence-electron chi connectivity index (χ2n) is 6.83. The van der Waals surface area contributed by atoms with Crippen LogP contribution < -0.4 is 4.74 Å². The van der Waals surface area contributed by atoms with Gasteiger partial charge in [0.05, 0.1) is 18.8 Å². The van der Waals surface area contributed by atoms with Crippen LogP contribution in [0.2, 0.25) is 0 Å². The monoisotopic (exact) mass is 438 g/mol.